The molecule has 1 aliphatic rings. The zero-order valence-corrected chi connectivity index (χ0v) is 14.5. The molecule has 2 rings (SSSR count). The Bertz CT molecular complexity index is 637. The third-order valence-corrected chi connectivity index (χ3v) is 5.03. The highest BCUT2D eigenvalue weighted by Crippen LogP contribution is 2.45. The van der Waals surface area contributed by atoms with Gasteiger partial charge in [0, 0.05) is 0 Å². The number of ether oxygens (including phenoxy) is 2. The van der Waals surface area contributed by atoms with Crippen molar-refractivity contribution in [1.82, 2.24) is 0 Å². The molecule has 128 valence electrons. The Morgan fingerprint density at radius 1 is 1.46 bits per heavy atom. The number of esters is 1. The maximum absolute atomic E-state index is 12.0. The standard InChI is InChI=1S/C20H25NO3/c1-4-10-20(11-8-15(9-12-20)19(22)24-5-2)17-6-7-18(23-3)16(13-17)14-21/h4,6-7,13,15H,1,5,8-12H2,2-3H3. The molecule has 0 saturated heterocycles. The molecule has 24 heavy (non-hydrogen) atoms. The van der Waals surface area contributed by atoms with E-state index in [1.54, 1.807) is 7.11 Å². The first kappa shape index (κ1) is 18.1. The average Bonchev–Trinajstić information content (AvgIpc) is 2.62. The third-order valence-electron chi connectivity index (χ3n) is 5.03. The van der Waals surface area contributed by atoms with E-state index in [2.05, 4.69) is 12.6 Å². The molecule has 1 saturated carbocycles. The molecule has 0 heterocycles. The van der Waals surface area contributed by atoms with E-state index >= 15 is 0 Å². The lowest BCUT2D eigenvalue weighted by molar-refractivity contribution is -0.149. The van der Waals surface area contributed by atoms with Crippen molar-refractivity contribution < 1.29 is 14.3 Å². The number of allylic oxidation sites excluding steroid dienone is 1. The topological polar surface area (TPSA) is 59.3 Å². The molecule has 0 aliphatic heterocycles. The zero-order chi connectivity index (χ0) is 17.6. The van der Waals surface area contributed by atoms with Crippen LogP contribution in [0.25, 0.3) is 0 Å². The number of nitrogens with zero attached hydrogens (tertiary/aromatic N) is 1. The summed E-state index contributed by atoms with van der Waals surface area (Å²) in [5, 5.41) is 9.35. The molecule has 1 aromatic carbocycles. The lowest BCUT2D eigenvalue weighted by Gasteiger charge is -2.39. The van der Waals surface area contributed by atoms with E-state index in [-0.39, 0.29) is 17.3 Å². The molecule has 0 bridgehead atoms. The lowest BCUT2D eigenvalue weighted by atomic mass is 9.64. The minimum Gasteiger partial charge on any atom is -0.495 e. The summed E-state index contributed by atoms with van der Waals surface area (Å²) in [7, 11) is 1.57. The van der Waals surface area contributed by atoms with Crippen molar-refractivity contribution in [3.8, 4) is 11.8 Å². The summed E-state index contributed by atoms with van der Waals surface area (Å²) in [6, 6.07) is 8.02. The van der Waals surface area contributed by atoms with Gasteiger partial charge in [-0.15, -0.1) is 6.58 Å². The second-order valence-electron chi connectivity index (χ2n) is 6.33. The first-order chi connectivity index (χ1) is 11.6. The fourth-order valence-corrected chi connectivity index (χ4v) is 3.68. The van der Waals surface area contributed by atoms with Gasteiger partial charge in [0.15, 0.2) is 0 Å². The van der Waals surface area contributed by atoms with Gasteiger partial charge < -0.3 is 9.47 Å². The molecule has 0 unspecified atom stereocenters. The van der Waals surface area contributed by atoms with Crippen molar-refractivity contribution in [3.05, 3.63) is 42.0 Å². The van der Waals surface area contributed by atoms with E-state index in [4.69, 9.17) is 9.47 Å². The van der Waals surface area contributed by atoms with Crippen LogP contribution in [0.2, 0.25) is 0 Å². The number of carbonyl (C=O) groups excluding carboxylic acids is 1. The molecular formula is C20H25NO3. The number of hydrogen-bond donors (Lipinski definition) is 0. The van der Waals surface area contributed by atoms with Gasteiger partial charge in [-0.25, -0.2) is 0 Å². The summed E-state index contributed by atoms with van der Waals surface area (Å²) in [5.41, 5.74) is 1.61. The van der Waals surface area contributed by atoms with Gasteiger partial charge >= 0.3 is 5.97 Å². The lowest BCUT2D eigenvalue weighted by Crippen LogP contribution is -2.34. The Hall–Kier alpha value is -2.28. The fourth-order valence-electron chi connectivity index (χ4n) is 3.68. The van der Waals surface area contributed by atoms with E-state index in [0.717, 1.165) is 37.7 Å². The molecule has 0 aromatic heterocycles. The number of methoxy groups -OCH3 is 1. The van der Waals surface area contributed by atoms with Crippen molar-refractivity contribution in [1.29, 1.82) is 5.26 Å². The minimum atomic E-state index is -0.0860. The van der Waals surface area contributed by atoms with Gasteiger partial charge in [0.1, 0.15) is 11.8 Å². The van der Waals surface area contributed by atoms with Crippen LogP contribution in [0.4, 0.5) is 0 Å². The normalized spacial score (nSPS) is 23.1. The van der Waals surface area contributed by atoms with Crippen LogP contribution in [0.15, 0.2) is 30.9 Å². The van der Waals surface area contributed by atoms with Gasteiger partial charge in [-0.2, -0.15) is 5.26 Å². The van der Waals surface area contributed by atoms with E-state index in [9.17, 15) is 10.1 Å². The highest BCUT2D eigenvalue weighted by Gasteiger charge is 2.38. The number of benzene rings is 1. The fraction of sp³-hybridized carbons (Fsp3) is 0.500. The molecule has 0 radical (unpaired) electrons. The summed E-state index contributed by atoms with van der Waals surface area (Å²) >= 11 is 0. The van der Waals surface area contributed by atoms with Crippen LogP contribution in [0.5, 0.6) is 5.75 Å². The van der Waals surface area contributed by atoms with Crippen LogP contribution in [-0.4, -0.2) is 19.7 Å². The van der Waals surface area contributed by atoms with Gasteiger partial charge in [0.05, 0.1) is 25.2 Å². The highest BCUT2D eigenvalue weighted by atomic mass is 16.5. The van der Waals surface area contributed by atoms with Crippen LogP contribution in [0, 0.1) is 17.2 Å². The number of carbonyl (C=O) groups is 1. The molecule has 0 amide bonds. The largest absolute Gasteiger partial charge is 0.495 e. The molecule has 4 nitrogen and oxygen atoms in total. The SMILES string of the molecule is C=CCC1(c2ccc(OC)c(C#N)c2)CCC(C(=O)OCC)CC1. The smallest absolute Gasteiger partial charge is 0.308 e. The third kappa shape index (κ3) is 3.62. The molecule has 0 N–H and O–H groups in total. The molecule has 1 aromatic rings. The zero-order valence-electron chi connectivity index (χ0n) is 14.5. The summed E-state index contributed by atoms with van der Waals surface area (Å²) in [6.45, 7) is 6.17. The number of hydrogen-bond acceptors (Lipinski definition) is 4. The molecule has 0 spiro atoms. The first-order valence-corrected chi connectivity index (χ1v) is 8.46. The van der Waals surface area contributed by atoms with Crippen molar-refractivity contribution in [2.45, 2.75) is 44.4 Å². The number of nitriles is 1. The summed E-state index contributed by atoms with van der Waals surface area (Å²) in [6.07, 6.45) is 6.15. The number of rotatable bonds is 6. The van der Waals surface area contributed by atoms with E-state index in [1.165, 1.54) is 0 Å². The van der Waals surface area contributed by atoms with Crippen molar-refractivity contribution in [2.24, 2.45) is 5.92 Å². The maximum Gasteiger partial charge on any atom is 0.308 e. The molecule has 1 fully saturated rings. The highest BCUT2D eigenvalue weighted by molar-refractivity contribution is 5.72. The van der Waals surface area contributed by atoms with Crippen molar-refractivity contribution in [2.75, 3.05) is 13.7 Å². The second-order valence-corrected chi connectivity index (χ2v) is 6.33. The summed E-state index contributed by atoms with van der Waals surface area (Å²) in [5.74, 6) is 0.490. The van der Waals surface area contributed by atoms with Gasteiger partial charge in [-0.05, 0) is 62.1 Å². The van der Waals surface area contributed by atoms with Crippen LogP contribution in [0.1, 0.15) is 50.2 Å². The Morgan fingerprint density at radius 2 is 2.17 bits per heavy atom. The Balaban J connectivity index is 2.26. The minimum absolute atomic E-state index is 0.0171. The molecule has 0 atom stereocenters. The first-order valence-electron chi connectivity index (χ1n) is 8.46. The summed E-state index contributed by atoms with van der Waals surface area (Å²) in [4.78, 5) is 12.0. The van der Waals surface area contributed by atoms with Crippen LogP contribution in [-0.2, 0) is 14.9 Å². The van der Waals surface area contributed by atoms with Gasteiger partial charge in [0.25, 0.3) is 0 Å². The van der Waals surface area contributed by atoms with E-state index in [1.807, 2.05) is 31.2 Å². The van der Waals surface area contributed by atoms with E-state index in [0.29, 0.717) is 17.9 Å². The van der Waals surface area contributed by atoms with Crippen molar-refractivity contribution >= 4 is 5.97 Å². The van der Waals surface area contributed by atoms with E-state index < -0.39 is 0 Å². The summed E-state index contributed by atoms with van der Waals surface area (Å²) < 4.78 is 10.4. The molecule has 4 heteroatoms. The Kier molecular flexibility index (Phi) is 6.03. The van der Waals surface area contributed by atoms with Crippen LogP contribution < -0.4 is 4.74 Å². The quantitative estimate of drug-likeness (QED) is 0.582. The van der Waals surface area contributed by atoms with Gasteiger partial charge in [-0.3, -0.25) is 4.79 Å². The predicted molar refractivity (Wildman–Crippen MR) is 92.8 cm³/mol. The van der Waals surface area contributed by atoms with Crippen LogP contribution in [0.3, 0.4) is 0 Å². The Labute approximate surface area is 144 Å². The average molecular weight is 327 g/mol. The van der Waals surface area contributed by atoms with Gasteiger partial charge in [-0.1, -0.05) is 12.1 Å². The predicted octanol–water partition coefficient (Wildman–Crippen LogP) is 4.13. The Morgan fingerprint density at radius 3 is 2.71 bits per heavy atom. The maximum atomic E-state index is 12.0. The second kappa shape index (κ2) is 8.01. The van der Waals surface area contributed by atoms with Crippen LogP contribution >= 0.6 is 0 Å². The van der Waals surface area contributed by atoms with Gasteiger partial charge in [0.2, 0.25) is 0 Å². The van der Waals surface area contributed by atoms with Crippen molar-refractivity contribution in [3.63, 3.8) is 0 Å². The molecular weight excluding hydrogens is 302 g/mol. The molecule has 1 aliphatic carbocycles. The monoisotopic (exact) mass is 327 g/mol.